The van der Waals surface area contributed by atoms with Crippen molar-refractivity contribution in [2.24, 2.45) is 0 Å². The van der Waals surface area contributed by atoms with E-state index in [2.05, 4.69) is 15.6 Å². The summed E-state index contributed by atoms with van der Waals surface area (Å²) >= 11 is 0. The van der Waals surface area contributed by atoms with Gasteiger partial charge in [-0.1, -0.05) is 24.3 Å². The standard InChI is InChI=1S/C23H22FN3O3/c1-25-22(29)17-4-2-15(3-5-17)20(16-6-9-19(24)10-7-16)12-13-26-23(30)18-8-11-21(28)27-14-18/h2-11,14,20H,12-13H2,1H3,(H,25,29)(H,26,30)(H,27,28). The van der Waals surface area contributed by atoms with Crippen LogP contribution < -0.4 is 10.6 Å². The zero-order valence-electron chi connectivity index (χ0n) is 16.4. The lowest BCUT2D eigenvalue weighted by atomic mass is 9.88. The van der Waals surface area contributed by atoms with Gasteiger partial charge < -0.3 is 15.7 Å². The number of halogens is 1. The average Bonchev–Trinajstić information content (AvgIpc) is 2.77. The minimum Gasteiger partial charge on any atom is -0.493 e. The van der Waals surface area contributed by atoms with E-state index in [1.54, 1.807) is 31.3 Å². The fourth-order valence-electron chi connectivity index (χ4n) is 3.18. The number of aromatic nitrogens is 1. The van der Waals surface area contributed by atoms with Crippen LogP contribution in [0.25, 0.3) is 0 Å². The summed E-state index contributed by atoms with van der Waals surface area (Å²) in [5, 5.41) is 14.7. The van der Waals surface area contributed by atoms with Crippen LogP contribution in [0, 0.1) is 5.82 Å². The number of pyridine rings is 1. The molecule has 0 fully saturated rings. The minimum absolute atomic E-state index is 0.0948. The molecule has 1 heterocycles. The minimum atomic E-state index is -0.319. The molecule has 1 atom stereocenters. The molecule has 3 rings (SSSR count). The maximum Gasteiger partial charge on any atom is 0.252 e. The summed E-state index contributed by atoms with van der Waals surface area (Å²) in [5.74, 6) is -1.03. The first kappa shape index (κ1) is 21.0. The largest absolute Gasteiger partial charge is 0.493 e. The van der Waals surface area contributed by atoms with E-state index < -0.39 is 0 Å². The number of nitrogens with zero attached hydrogens (tertiary/aromatic N) is 1. The summed E-state index contributed by atoms with van der Waals surface area (Å²) in [7, 11) is 1.57. The molecule has 0 radical (unpaired) electrons. The predicted octanol–water partition coefficient (Wildman–Crippen LogP) is 3.24. The Balaban J connectivity index is 1.74. The number of aromatic hydroxyl groups is 1. The normalized spacial score (nSPS) is 11.5. The van der Waals surface area contributed by atoms with E-state index >= 15 is 0 Å². The quantitative estimate of drug-likeness (QED) is 0.561. The lowest BCUT2D eigenvalue weighted by Gasteiger charge is -2.19. The Morgan fingerprint density at radius 1 is 0.933 bits per heavy atom. The number of nitrogens with one attached hydrogen (secondary N) is 2. The van der Waals surface area contributed by atoms with Gasteiger partial charge in [-0.2, -0.15) is 0 Å². The molecule has 0 spiro atoms. The Morgan fingerprint density at radius 3 is 2.10 bits per heavy atom. The van der Waals surface area contributed by atoms with Crippen molar-refractivity contribution in [2.45, 2.75) is 12.3 Å². The molecule has 30 heavy (non-hydrogen) atoms. The summed E-state index contributed by atoms with van der Waals surface area (Å²) in [5.41, 5.74) is 2.76. The first-order chi connectivity index (χ1) is 14.5. The Bertz CT molecular complexity index is 1000. The van der Waals surface area contributed by atoms with E-state index in [-0.39, 0.29) is 29.4 Å². The van der Waals surface area contributed by atoms with Crippen LogP contribution in [0.3, 0.4) is 0 Å². The molecule has 3 aromatic rings. The van der Waals surface area contributed by atoms with E-state index in [4.69, 9.17) is 0 Å². The monoisotopic (exact) mass is 407 g/mol. The molecule has 0 saturated heterocycles. The van der Waals surface area contributed by atoms with Crippen LogP contribution in [0.2, 0.25) is 0 Å². The Kier molecular flexibility index (Phi) is 6.75. The molecule has 2 aromatic carbocycles. The third-order valence-corrected chi connectivity index (χ3v) is 4.80. The molecular weight excluding hydrogens is 385 g/mol. The zero-order valence-corrected chi connectivity index (χ0v) is 16.4. The number of rotatable bonds is 7. The molecule has 154 valence electrons. The second-order valence-electron chi connectivity index (χ2n) is 6.75. The number of carbonyl (C=O) groups is 2. The van der Waals surface area contributed by atoms with Crippen molar-refractivity contribution in [3.05, 3.63) is 94.9 Å². The fourth-order valence-corrected chi connectivity index (χ4v) is 3.18. The van der Waals surface area contributed by atoms with E-state index in [1.807, 2.05) is 12.1 Å². The van der Waals surface area contributed by atoms with Gasteiger partial charge in [-0.25, -0.2) is 9.37 Å². The van der Waals surface area contributed by atoms with Crippen molar-refractivity contribution in [1.29, 1.82) is 0 Å². The first-order valence-electron chi connectivity index (χ1n) is 9.48. The molecule has 0 bridgehead atoms. The van der Waals surface area contributed by atoms with Crippen LogP contribution >= 0.6 is 0 Å². The summed E-state index contributed by atoms with van der Waals surface area (Å²) in [6.07, 6.45) is 1.88. The molecular formula is C23H22FN3O3. The van der Waals surface area contributed by atoms with Gasteiger partial charge in [-0.15, -0.1) is 0 Å². The van der Waals surface area contributed by atoms with Gasteiger partial charge >= 0.3 is 0 Å². The van der Waals surface area contributed by atoms with Crippen LogP contribution in [0.5, 0.6) is 5.88 Å². The lowest BCUT2D eigenvalue weighted by Crippen LogP contribution is -2.26. The number of hydrogen-bond acceptors (Lipinski definition) is 4. The second kappa shape index (κ2) is 9.65. The van der Waals surface area contributed by atoms with E-state index in [0.717, 1.165) is 11.1 Å². The Hall–Kier alpha value is -3.74. The molecule has 1 aromatic heterocycles. The summed E-state index contributed by atoms with van der Waals surface area (Å²) in [6.45, 7) is 0.374. The average molecular weight is 407 g/mol. The molecule has 2 amide bonds. The fraction of sp³-hybridized carbons (Fsp3) is 0.174. The number of amides is 2. The molecule has 0 aliphatic carbocycles. The Morgan fingerprint density at radius 2 is 1.53 bits per heavy atom. The van der Waals surface area contributed by atoms with Gasteiger partial charge in [0.15, 0.2) is 0 Å². The van der Waals surface area contributed by atoms with Crippen LogP contribution in [0.1, 0.15) is 44.2 Å². The maximum absolute atomic E-state index is 13.4. The number of carbonyl (C=O) groups excluding carboxylic acids is 2. The number of benzene rings is 2. The van der Waals surface area contributed by atoms with Crippen LogP contribution in [0.4, 0.5) is 4.39 Å². The van der Waals surface area contributed by atoms with E-state index in [0.29, 0.717) is 24.1 Å². The van der Waals surface area contributed by atoms with Gasteiger partial charge in [0.25, 0.3) is 11.8 Å². The van der Waals surface area contributed by atoms with Gasteiger partial charge in [-0.3, -0.25) is 9.59 Å². The molecule has 6 nitrogen and oxygen atoms in total. The molecule has 1 unspecified atom stereocenters. The van der Waals surface area contributed by atoms with Crippen molar-refractivity contribution in [1.82, 2.24) is 15.6 Å². The van der Waals surface area contributed by atoms with Gasteiger partial charge in [-0.05, 0) is 47.9 Å². The first-order valence-corrected chi connectivity index (χ1v) is 9.48. The molecule has 3 N–H and O–H groups in total. The smallest absolute Gasteiger partial charge is 0.252 e. The van der Waals surface area contributed by atoms with Gasteiger partial charge in [0.1, 0.15) is 5.82 Å². The third kappa shape index (κ3) is 5.20. The van der Waals surface area contributed by atoms with Crippen molar-refractivity contribution < 1.29 is 19.1 Å². The topological polar surface area (TPSA) is 91.3 Å². The summed E-state index contributed by atoms with van der Waals surface area (Å²) < 4.78 is 13.4. The third-order valence-electron chi connectivity index (χ3n) is 4.80. The highest BCUT2D eigenvalue weighted by atomic mass is 19.1. The molecule has 0 saturated carbocycles. The number of hydrogen-bond donors (Lipinski definition) is 3. The van der Waals surface area contributed by atoms with Gasteiger partial charge in [0, 0.05) is 37.3 Å². The highest BCUT2D eigenvalue weighted by Gasteiger charge is 2.16. The summed E-state index contributed by atoms with van der Waals surface area (Å²) in [6, 6.07) is 16.3. The molecule has 0 aliphatic heterocycles. The van der Waals surface area contributed by atoms with Crippen LogP contribution in [-0.4, -0.2) is 35.5 Å². The summed E-state index contributed by atoms with van der Waals surface area (Å²) in [4.78, 5) is 27.8. The Labute approximate surface area is 173 Å². The maximum atomic E-state index is 13.4. The van der Waals surface area contributed by atoms with Crippen LogP contribution in [0.15, 0.2) is 66.9 Å². The van der Waals surface area contributed by atoms with Gasteiger partial charge in [0.2, 0.25) is 5.88 Å². The predicted molar refractivity (Wildman–Crippen MR) is 111 cm³/mol. The van der Waals surface area contributed by atoms with E-state index in [1.165, 1.54) is 30.5 Å². The van der Waals surface area contributed by atoms with Crippen LogP contribution in [-0.2, 0) is 0 Å². The molecule has 7 heteroatoms. The zero-order chi connectivity index (χ0) is 21.5. The lowest BCUT2D eigenvalue weighted by molar-refractivity contribution is 0.0947. The highest BCUT2D eigenvalue weighted by Crippen LogP contribution is 2.28. The van der Waals surface area contributed by atoms with Crippen molar-refractivity contribution in [3.63, 3.8) is 0 Å². The molecule has 0 aliphatic rings. The SMILES string of the molecule is CNC(=O)c1ccc(C(CCNC(=O)c2ccc(O)nc2)c2ccc(F)cc2)cc1. The second-order valence-corrected chi connectivity index (χ2v) is 6.75. The highest BCUT2D eigenvalue weighted by molar-refractivity contribution is 5.94. The van der Waals surface area contributed by atoms with Crippen molar-refractivity contribution >= 4 is 11.8 Å². The van der Waals surface area contributed by atoms with Gasteiger partial charge in [0.05, 0.1) is 5.56 Å². The van der Waals surface area contributed by atoms with Crippen molar-refractivity contribution in [2.75, 3.05) is 13.6 Å². The van der Waals surface area contributed by atoms with Crippen molar-refractivity contribution in [3.8, 4) is 5.88 Å². The van der Waals surface area contributed by atoms with E-state index in [9.17, 15) is 19.1 Å².